The second kappa shape index (κ2) is 2.39. The second-order valence-electron chi connectivity index (χ2n) is 1.57. The Morgan fingerprint density at radius 1 is 1.88 bits per heavy atom. The van der Waals surface area contributed by atoms with Gasteiger partial charge in [-0.25, -0.2) is 0 Å². The van der Waals surface area contributed by atoms with Crippen LogP contribution in [0.4, 0.5) is 0 Å². The quantitative estimate of drug-likeness (QED) is 0.438. The number of hydrogen-bond acceptors (Lipinski definition) is 4. The summed E-state index contributed by atoms with van der Waals surface area (Å²) in [5.74, 6) is 0. The Balaban J connectivity index is 2.45. The lowest BCUT2D eigenvalue weighted by Gasteiger charge is -1.99. The third-order valence-electron chi connectivity index (χ3n) is 0.854. The number of hydrogen-bond donors (Lipinski definition) is 3. The molecule has 1 aliphatic heterocycles. The van der Waals surface area contributed by atoms with Gasteiger partial charge in [0.05, 0.1) is 6.10 Å². The van der Waals surface area contributed by atoms with Gasteiger partial charge in [-0.3, -0.25) is 0 Å². The fourth-order valence-electron chi connectivity index (χ4n) is 0.424. The Morgan fingerprint density at radius 2 is 2.62 bits per heavy atom. The van der Waals surface area contributed by atoms with Crippen molar-refractivity contribution in [1.82, 2.24) is 10.3 Å². The molecule has 3 nitrogen and oxygen atoms in total. The predicted octanol–water partition coefficient (Wildman–Crippen LogP) is -0.0354. The molecule has 0 aromatic carbocycles. The molecule has 1 heterocycles. The minimum atomic E-state index is -0.359. The van der Waals surface area contributed by atoms with Crippen LogP contribution >= 0.6 is 11.9 Å². The smallest absolute Gasteiger partial charge is 0.0848 e. The zero-order valence-corrected chi connectivity index (χ0v) is 5.33. The van der Waals surface area contributed by atoms with E-state index in [4.69, 9.17) is 5.11 Å². The van der Waals surface area contributed by atoms with Gasteiger partial charge in [-0.15, -0.1) is 0 Å². The Labute approximate surface area is 52.3 Å². The van der Waals surface area contributed by atoms with Crippen LogP contribution in [0.15, 0.2) is 11.1 Å². The number of rotatable bonds is 1. The highest BCUT2D eigenvalue weighted by Crippen LogP contribution is 2.17. The molecule has 3 N–H and O–H groups in total. The van der Waals surface area contributed by atoms with E-state index in [0.29, 0.717) is 0 Å². The molecule has 4 heteroatoms. The van der Waals surface area contributed by atoms with Crippen LogP contribution < -0.4 is 10.3 Å². The number of aliphatic hydroxyl groups excluding tert-OH is 1. The molecule has 0 aliphatic carbocycles. The molecule has 0 bridgehead atoms. The zero-order valence-electron chi connectivity index (χ0n) is 4.51. The number of nitrogens with one attached hydrogen (secondary N) is 2. The minimum absolute atomic E-state index is 0.359. The summed E-state index contributed by atoms with van der Waals surface area (Å²) in [6, 6.07) is 0. The molecule has 0 aromatic heterocycles. The summed E-state index contributed by atoms with van der Waals surface area (Å²) >= 11 is 1.40. The first kappa shape index (κ1) is 5.94. The van der Waals surface area contributed by atoms with Crippen molar-refractivity contribution in [2.75, 3.05) is 0 Å². The van der Waals surface area contributed by atoms with Gasteiger partial charge in [0.15, 0.2) is 0 Å². The van der Waals surface area contributed by atoms with Crippen LogP contribution in [-0.2, 0) is 0 Å². The van der Waals surface area contributed by atoms with Crippen LogP contribution in [-0.4, -0.2) is 11.2 Å². The van der Waals surface area contributed by atoms with E-state index < -0.39 is 0 Å². The Kier molecular flexibility index (Phi) is 1.77. The van der Waals surface area contributed by atoms with Gasteiger partial charge >= 0.3 is 0 Å². The van der Waals surface area contributed by atoms with Crippen molar-refractivity contribution in [3.8, 4) is 0 Å². The van der Waals surface area contributed by atoms with E-state index in [1.54, 1.807) is 13.1 Å². The van der Waals surface area contributed by atoms with Crippen LogP contribution in [0.25, 0.3) is 0 Å². The highest BCUT2D eigenvalue weighted by atomic mass is 32.2. The minimum Gasteiger partial charge on any atom is -0.388 e. The maximum atomic E-state index is 8.88. The third-order valence-corrected chi connectivity index (χ3v) is 1.77. The molecular formula is C4H8N2OS. The van der Waals surface area contributed by atoms with Crippen molar-refractivity contribution in [1.29, 1.82) is 0 Å². The lowest BCUT2D eigenvalue weighted by atomic mass is 10.4. The van der Waals surface area contributed by atoms with Gasteiger partial charge < -0.3 is 10.5 Å². The van der Waals surface area contributed by atoms with Crippen LogP contribution in [0.3, 0.4) is 0 Å². The highest BCUT2D eigenvalue weighted by molar-refractivity contribution is 8.01. The van der Waals surface area contributed by atoms with Gasteiger partial charge in [0.2, 0.25) is 0 Å². The molecule has 46 valence electrons. The van der Waals surface area contributed by atoms with Crippen LogP contribution in [0.2, 0.25) is 0 Å². The fraction of sp³-hybridized carbons (Fsp3) is 0.500. The zero-order chi connectivity index (χ0) is 5.98. The summed E-state index contributed by atoms with van der Waals surface area (Å²) in [5.41, 5.74) is 2.74. The largest absolute Gasteiger partial charge is 0.388 e. The Morgan fingerprint density at radius 3 is 2.88 bits per heavy atom. The molecule has 1 aliphatic rings. The highest BCUT2D eigenvalue weighted by Gasteiger charge is 2.08. The van der Waals surface area contributed by atoms with Gasteiger partial charge in [-0.05, 0) is 18.9 Å². The summed E-state index contributed by atoms with van der Waals surface area (Å²) in [5, 5.41) is 8.88. The first-order valence-corrected chi connectivity index (χ1v) is 3.18. The van der Waals surface area contributed by atoms with E-state index in [1.807, 2.05) is 0 Å². The summed E-state index contributed by atoms with van der Waals surface area (Å²) in [6.45, 7) is 1.73. The third kappa shape index (κ3) is 1.15. The van der Waals surface area contributed by atoms with Crippen molar-refractivity contribution in [2.24, 2.45) is 0 Å². The van der Waals surface area contributed by atoms with E-state index in [-0.39, 0.29) is 6.10 Å². The molecular weight excluding hydrogens is 124 g/mol. The van der Waals surface area contributed by atoms with E-state index in [0.717, 1.165) is 4.91 Å². The van der Waals surface area contributed by atoms with E-state index >= 15 is 0 Å². The molecule has 0 aromatic rings. The SMILES string of the molecule is CC(O)C1=CNNS1. The summed E-state index contributed by atoms with van der Waals surface area (Å²) < 4.78 is 0. The molecule has 0 spiro atoms. The van der Waals surface area contributed by atoms with Crippen molar-refractivity contribution < 1.29 is 5.11 Å². The van der Waals surface area contributed by atoms with Crippen LogP contribution in [0.1, 0.15) is 6.92 Å². The maximum Gasteiger partial charge on any atom is 0.0848 e. The number of aliphatic hydroxyl groups is 1. The summed E-state index contributed by atoms with van der Waals surface area (Å²) in [7, 11) is 0. The first-order valence-electron chi connectivity index (χ1n) is 2.36. The number of hydrazine groups is 1. The van der Waals surface area contributed by atoms with Crippen molar-refractivity contribution in [3.05, 3.63) is 11.1 Å². The predicted molar refractivity (Wildman–Crippen MR) is 33.6 cm³/mol. The van der Waals surface area contributed by atoms with Crippen molar-refractivity contribution in [3.63, 3.8) is 0 Å². The standard InChI is InChI=1S/C4H8N2OS/c1-3(7)4-2-5-6-8-4/h2-3,5-7H,1H3. The maximum absolute atomic E-state index is 8.88. The van der Waals surface area contributed by atoms with Crippen LogP contribution in [0.5, 0.6) is 0 Å². The molecule has 1 atom stereocenters. The van der Waals surface area contributed by atoms with Crippen molar-refractivity contribution in [2.45, 2.75) is 13.0 Å². The lowest BCUT2D eigenvalue weighted by molar-refractivity contribution is 0.240. The molecule has 0 saturated heterocycles. The van der Waals surface area contributed by atoms with Gasteiger partial charge in [0.25, 0.3) is 0 Å². The van der Waals surface area contributed by atoms with Gasteiger partial charge in [-0.1, -0.05) is 0 Å². The van der Waals surface area contributed by atoms with E-state index in [1.165, 1.54) is 11.9 Å². The Hall–Kier alpha value is -0.190. The average molecular weight is 132 g/mol. The van der Waals surface area contributed by atoms with E-state index in [2.05, 4.69) is 10.3 Å². The molecule has 8 heavy (non-hydrogen) atoms. The fourth-order valence-corrected chi connectivity index (χ4v) is 0.948. The van der Waals surface area contributed by atoms with E-state index in [9.17, 15) is 0 Å². The molecule has 0 saturated carbocycles. The molecule has 0 fully saturated rings. The van der Waals surface area contributed by atoms with Gasteiger partial charge in [0.1, 0.15) is 0 Å². The molecule has 0 radical (unpaired) electrons. The monoisotopic (exact) mass is 132 g/mol. The Bertz CT molecular complexity index is 113. The lowest BCUT2D eigenvalue weighted by Crippen LogP contribution is -2.11. The van der Waals surface area contributed by atoms with Crippen molar-refractivity contribution >= 4 is 11.9 Å². The average Bonchev–Trinajstić information content (AvgIpc) is 2.12. The summed E-state index contributed by atoms with van der Waals surface area (Å²) in [4.78, 5) is 3.69. The topological polar surface area (TPSA) is 44.3 Å². The first-order chi connectivity index (χ1) is 3.80. The summed E-state index contributed by atoms with van der Waals surface area (Å²) in [6.07, 6.45) is 1.39. The van der Waals surface area contributed by atoms with Crippen LogP contribution in [0, 0.1) is 0 Å². The molecule has 1 rings (SSSR count). The normalized spacial score (nSPS) is 22.0. The second-order valence-corrected chi connectivity index (χ2v) is 2.45. The van der Waals surface area contributed by atoms with Gasteiger partial charge in [-0.2, -0.15) is 4.83 Å². The molecule has 0 amide bonds. The molecule has 1 unspecified atom stereocenters. The van der Waals surface area contributed by atoms with Gasteiger partial charge in [0, 0.05) is 11.1 Å².